The summed E-state index contributed by atoms with van der Waals surface area (Å²) in [5, 5.41) is 22.6. The number of anilines is 1. The van der Waals surface area contributed by atoms with Crippen LogP contribution in [0.25, 0.3) is 10.9 Å². The van der Waals surface area contributed by atoms with Crippen molar-refractivity contribution in [3.8, 4) is 6.07 Å². The van der Waals surface area contributed by atoms with Crippen molar-refractivity contribution < 1.29 is 5.11 Å². The fourth-order valence-corrected chi connectivity index (χ4v) is 2.14. The second-order valence-electron chi connectivity index (χ2n) is 5.67. The topological polar surface area (TPSA) is 68.9 Å². The van der Waals surface area contributed by atoms with Gasteiger partial charge in [-0.3, -0.25) is 4.98 Å². The van der Waals surface area contributed by atoms with E-state index < -0.39 is 0 Å². The Hall–Kier alpha value is -2.12. The van der Waals surface area contributed by atoms with Gasteiger partial charge in [0, 0.05) is 24.7 Å². The lowest BCUT2D eigenvalue weighted by molar-refractivity contribution is 0.220. The zero-order valence-corrected chi connectivity index (χ0v) is 11.8. The Morgan fingerprint density at radius 1 is 1.35 bits per heavy atom. The van der Waals surface area contributed by atoms with Gasteiger partial charge in [-0.15, -0.1) is 0 Å². The normalized spacial score (nSPS) is 11.3. The third-order valence-corrected chi connectivity index (χ3v) is 3.43. The van der Waals surface area contributed by atoms with Gasteiger partial charge in [-0.25, -0.2) is 0 Å². The first-order valence-corrected chi connectivity index (χ1v) is 6.70. The van der Waals surface area contributed by atoms with E-state index in [0.717, 1.165) is 16.6 Å². The van der Waals surface area contributed by atoms with Gasteiger partial charge < -0.3 is 10.4 Å². The van der Waals surface area contributed by atoms with Crippen LogP contribution in [0.5, 0.6) is 0 Å². The van der Waals surface area contributed by atoms with Gasteiger partial charge in [0.1, 0.15) is 6.07 Å². The van der Waals surface area contributed by atoms with Crippen LogP contribution >= 0.6 is 0 Å². The number of hydrogen-bond donors (Lipinski definition) is 2. The Bertz CT molecular complexity index is 644. The molecular formula is C16H19N3O. The Morgan fingerprint density at radius 3 is 2.80 bits per heavy atom. The summed E-state index contributed by atoms with van der Waals surface area (Å²) in [7, 11) is 0. The summed E-state index contributed by atoms with van der Waals surface area (Å²) in [6, 6.07) is 9.95. The number of benzene rings is 1. The van der Waals surface area contributed by atoms with E-state index in [1.54, 1.807) is 6.20 Å². The molecule has 0 amide bonds. The summed E-state index contributed by atoms with van der Waals surface area (Å²) in [6.07, 6.45) is 2.31. The van der Waals surface area contributed by atoms with Crippen LogP contribution in [0.1, 0.15) is 25.8 Å². The minimum atomic E-state index is -0.0359. The largest absolute Gasteiger partial charge is 0.396 e. The van der Waals surface area contributed by atoms with E-state index in [1.807, 2.05) is 24.3 Å². The Morgan fingerprint density at radius 2 is 2.10 bits per heavy atom. The maximum atomic E-state index is 9.24. The van der Waals surface area contributed by atoms with Gasteiger partial charge in [-0.2, -0.15) is 5.26 Å². The zero-order chi connectivity index (χ0) is 14.6. The van der Waals surface area contributed by atoms with Crippen LogP contribution in [0.2, 0.25) is 0 Å². The molecule has 0 spiro atoms. The number of aromatic nitrogens is 1. The molecule has 0 saturated carbocycles. The van der Waals surface area contributed by atoms with Crippen LogP contribution in [0.15, 0.2) is 30.5 Å². The number of hydrogen-bond acceptors (Lipinski definition) is 4. The minimum Gasteiger partial charge on any atom is -0.396 e. The van der Waals surface area contributed by atoms with Crippen molar-refractivity contribution in [2.24, 2.45) is 5.41 Å². The zero-order valence-electron chi connectivity index (χ0n) is 11.8. The quantitative estimate of drug-likeness (QED) is 0.875. The Balaban J connectivity index is 2.35. The summed E-state index contributed by atoms with van der Waals surface area (Å²) < 4.78 is 0. The van der Waals surface area contributed by atoms with E-state index >= 15 is 0 Å². The number of pyridine rings is 1. The van der Waals surface area contributed by atoms with E-state index in [4.69, 9.17) is 5.11 Å². The predicted molar refractivity (Wildman–Crippen MR) is 80.4 cm³/mol. The van der Waals surface area contributed by atoms with Gasteiger partial charge in [0.2, 0.25) is 0 Å². The molecule has 0 bridgehead atoms. The monoisotopic (exact) mass is 269 g/mol. The maximum Gasteiger partial charge on any atom is 0.103 e. The number of para-hydroxylation sites is 1. The van der Waals surface area contributed by atoms with E-state index in [0.29, 0.717) is 18.5 Å². The second-order valence-corrected chi connectivity index (χ2v) is 5.67. The fourth-order valence-electron chi connectivity index (χ4n) is 2.14. The van der Waals surface area contributed by atoms with Crippen LogP contribution in [0.4, 0.5) is 5.69 Å². The summed E-state index contributed by atoms with van der Waals surface area (Å²) in [4.78, 5) is 4.29. The molecule has 0 aliphatic heterocycles. The van der Waals surface area contributed by atoms with Crippen LogP contribution in [0.3, 0.4) is 0 Å². The number of aliphatic hydroxyl groups is 1. The summed E-state index contributed by atoms with van der Waals surface area (Å²) >= 11 is 0. The molecule has 0 aliphatic rings. The standard InChI is InChI=1S/C16H19N3O/c1-16(2,7-8-20)11-19-15-12(9-17)10-18-14-6-4-3-5-13(14)15/h3-6,10,20H,7-8,11H2,1-2H3,(H,18,19). The lowest BCUT2D eigenvalue weighted by atomic mass is 9.89. The molecule has 20 heavy (non-hydrogen) atoms. The van der Waals surface area contributed by atoms with E-state index in [2.05, 4.69) is 30.2 Å². The number of nitriles is 1. The first kappa shape index (κ1) is 14.3. The second kappa shape index (κ2) is 5.89. The SMILES string of the molecule is CC(C)(CCO)CNc1c(C#N)cnc2ccccc12. The average Bonchev–Trinajstić information content (AvgIpc) is 2.44. The highest BCUT2D eigenvalue weighted by atomic mass is 16.3. The van der Waals surface area contributed by atoms with Gasteiger partial charge in [-0.05, 0) is 17.9 Å². The molecule has 0 unspecified atom stereocenters. The number of aliphatic hydroxyl groups excluding tert-OH is 1. The van der Waals surface area contributed by atoms with Gasteiger partial charge >= 0.3 is 0 Å². The maximum absolute atomic E-state index is 9.24. The number of nitrogens with zero attached hydrogens (tertiary/aromatic N) is 2. The van der Waals surface area contributed by atoms with Crippen LogP contribution in [-0.2, 0) is 0 Å². The molecule has 0 radical (unpaired) electrons. The molecule has 4 heteroatoms. The molecule has 104 valence electrons. The molecule has 1 heterocycles. The lowest BCUT2D eigenvalue weighted by Gasteiger charge is -2.25. The van der Waals surface area contributed by atoms with Crippen LogP contribution in [0, 0.1) is 16.7 Å². The van der Waals surface area contributed by atoms with Gasteiger partial charge in [-0.1, -0.05) is 32.0 Å². The van der Waals surface area contributed by atoms with Crippen LogP contribution in [-0.4, -0.2) is 23.2 Å². The third kappa shape index (κ3) is 3.06. The van der Waals surface area contributed by atoms with Crippen LogP contribution < -0.4 is 5.32 Å². The highest BCUT2D eigenvalue weighted by molar-refractivity contribution is 5.93. The van der Waals surface area contributed by atoms with Gasteiger partial charge in [0.25, 0.3) is 0 Å². The highest BCUT2D eigenvalue weighted by Gasteiger charge is 2.18. The summed E-state index contributed by atoms with van der Waals surface area (Å²) in [5.41, 5.74) is 2.20. The molecular weight excluding hydrogens is 250 g/mol. The molecule has 2 rings (SSSR count). The molecule has 1 aromatic carbocycles. The van der Waals surface area contributed by atoms with Crippen molar-refractivity contribution in [1.29, 1.82) is 5.26 Å². The molecule has 0 fully saturated rings. The first-order chi connectivity index (χ1) is 9.57. The van der Waals surface area contributed by atoms with E-state index in [9.17, 15) is 5.26 Å². The van der Waals surface area contributed by atoms with Crippen molar-refractivity contribution in [2.75, 3.05) is 18.5 Å². The molecule has 0 aliphatic carbocycles. The average molecular weight is 269 g/mol. The van der Waals surface area contributed by atoms with Crippen molar-refractivity contribution in [2.45, 2.75) is 20.3 Å². The summed E-state index contributed by atoms with van der Waals surface area (Å²) in [6.45, 7) is 5.03. The molecule has 2 N–H and O–H groups in total. The van der Waals surface area contributed by atoms with Crippen molar-refractivity contribution in [1.82, 2.24) is 4.98 Å². The lowest BCUT2D eigenvalue weighted by Crippen LogP contribution is -2.24. The van der Waals surface area contributed by atoms with E-state index in [-0.39, 0.29) is 12.0 Å². The third-order valence-electron chi connectivity index (χ3n) is 3.43. The number of nitrogens with one attached hydrogen (secondary N) is 1. The number of rotatable bonds is 5. The van der Waals surface area contributed by atoms with Crippen molar-refractivity contribution in [3.63, 3.8) is 0 Å². The molecule has 4 nitrogen and oxygen atoms in total. The van der Waals surface area contributed by atoms with Crippen molar-refractivity contribution >= 4 is 16.6 Å². The Labute approximate surface area is 119 Å². The first-order valence-electron chi connectivity index (χ1n) is 6.70. The predicted octanol–water partition coefficient (Wildman–Crippen LogP) is 2.93. The Kier molecular flexibility index (Phi) is 4.21. The van der Waals surface area contributed by atoms with Gasteiger partial charge in [0.15, 0.2) is 0 Å². The molecule has 0 atom stereocenters. The highest BCUT2D eigenvalue weighted by Crippen LogP contribution is 2.28. The summed E-state index contributed by atoms with van der Waals surface area (Å²) in [5.74, 6) is 0. The van der Waals surface area contributed by atoms with Gasteiger partial charge in [0.05, 0.1) is 16.8 Å². The van der Waals surface area contributed by atoms with E-state index in [1.165, 1.54) is 0 Å². The number of fused-ring (bicyclic) bond motifs is 1. The molecule has 0 saturated heterocycles. The fraction of sp³-hybridized carbons (Fsp3) is 0.375. The molecule has 1 aromatic heterocycles. The van der Waals surface area contributed by atoms with Crippen molar-refractivity contribution in [3.05, 3.63) is 36.0 Å². The minimum absolute atomic E-state index is 0.0359. The smallest absolute Gasteiger partial charge is 0.103 e. The molecule has 2 aromatic rings.